The normalized spacial score (nSPS) is 16.9. The van der Waals surface area contributed by atoms with Gasteiger partial charge < -0.3 is 5.32 Å². The molecule has 19 heavy (non-hydrogen) atoms. The summed E-state index contributed by atoms with van der Waals surface area (Å²) in [7, 11) is 0. The van der Waals surface area contributed by atoms with Crippen molar-refractivity contribution in [3.8, 4) is 0 Å². The van der Waals surface area contributed by atoms with E-state index in [-0.39, 0.29) is 11.8 Å². The summed E-state index contributed by atoms with van der Waals surface area (Å²) in [6.45, 7) is 2.47. The molecule has 1 N–H and O–H groups in total. The number of aryl methyl sites for hydroxylation is 1. The summed E-state index contributed by atoms with van der Waals surface area (Å²) in [5, 5.41) is 8.32. The lowest BCUT2D eigenvalue weighted by Gasteiger charge is -2.20. The number of aromatic nitrogens is 3. The molecule has 1 amide bonds. The SMILES string of the molecule is Cc1cn2nc(CNC(=O)C3CCCCC3)sc2n1. The Kier molecular flexibility index (Phi) is 3.50. The summed E-state index contributed by atoms with van der Waals surface area (Å²) < 4.78 is 1.78. The maximum absolute atomic E-state index is 12.0. The van der Waals surface area contributed by atoms with Gasteiger partial charge in [0.25, 0.3) is 0 Å². The molecular formula is C13H18N4OS. The van der Waals surface area contributed by atoms with Gasteiger partial charge in [-0.1, -0.05) is 30.6 Å². The first kappa shape index (κ1) is 12.6. The summed E-state index contributed by atoms with van der Waals surface area (Å²) in [5.74, 6) is 0.392. The Hall–Kier alpha value is -1.43. The number of carbonyl (C=O) groups excluding carboxylic acids is 1. The van der Waals surface area contributed by atoms with Crippen molar-refractivity contribution >= 4 is 22.2 Å². The van der Waals surface area contributed by atoms with Gasteiger partial charge in [0.05, 0.1) is 18.4 Å². The number of hydrogen-bond acceptors (Lipinski definition) is 4. The first-order chi connectivity index (χ1) is 9.22. The number of amides is 1. The first-order valence-corrected chi connectivity index (χ1v) is 7.63. The lowest BCUT2D eigenvalue weighted by molar-refractivity contribution is -0.126. The van der Waals surface area contributed by atoms with Crippen molar-refractivity contribution in [2.75, 3.05) is 0 Å². The Balaban J connectivity index is 1.58. The van der Waals surface area contributed by atoms with Crippen LogP contribution in [0.2, 0.25) is 0 Å². The fourth-order valence-corrected chi connectivity index (χ4v) is 3.45. The molecule has 6 heteroatoms. The van der Waals surface area contributed by atoms with Gasteiger partial charge in [-0.3, -0.25) is 4.79 Å². The lowest BCUT2D eigenvalue weighted by atomic mass is 9.89. The minimum Gasteiger partial charge on any atom is -0.349 e. The standard InChI is InChI=1S/C13H18N4OS/c1-9-8-17-13(15-9)19-11(16-17)7-14-12(18)10-5-3-2-4-6-10/h8,10H,2-7H2,1H3,(H,14,18). The van der Waals surface area contributed by atoms with Gasteiger partial charge in [-0.2, -0.15) is 5.10 Å². The van der Waals surface area contributed by atoms with Crippen LogP contribution in [0.1, 0.15) is 42.8 Å². The number of fused-ring (bicyclic) bond motifs is 1. The third-order valence-electron chi connectivity index (χ3n) is 3.60. The molecule has 0 atom stereocenters. The van der Waals surface area contributed by atoms with Gasteiger partial charge in [-0.15, -0.1) is 0 Å². The van der Waals surface area contributed by atoms with E-state index in [9.17, 15) is 4.79 Å². The molecule has 0 saturated heterocycles. The van der Waals surface area contributed by atoms with Crippen LogP contribution in [-0.2, 0) is 11.3 Å². The quantitative estimate of drug-likeness (QED) is 0.937. The largest absolute Gasteiger partial charge is 0.349 e. The molecule has 1 aliphatic carbocycles. The number of carbonyl (C=O) groups is 1. The molecule has 0 spiro atoms. The summed E-state index contributed by atoms with van der Waals surface area (Å²) in [4.78, 5) is 17.3. The van der Waals surface area contributed by atoms with Crippen LogP contribution in [0, 0.1) is 12.8 Å². The Morgan fingerprint density at radius 3 is 3.00 bits per heavy atom. The number of nitrogens with one attached hydrogen (secondary N) is 1. The maximum Gasteiger partial charge on any atom is 0.223 e. The summed E-state index contributed by atoms with van der Waals surface area (Å²) >= 11 is 1.53. The van der Waals surface area contributed by atoms with E-state index in [1.807, 2.05) is 13.1 Å². The van der Waals surface area contributed by atoms with E-state index in [2.05, 4.69) is 15.4 Å². The third-order valence-corrected chi connectivity index (χ3v) is 4.52. The summed E-state index contributed by atoms with van der Waals surface area (Å²) in [5.41, 5.74) is 0.969. The molecule has 3 rings (SSSR count). The lowest BCUT2D eigenvalue weighted by Crippen LogP contribution is -2.31. The average molecular weight is 278 g/mol. The van der Waals surface area contributed by atoms with E-state index in [1.165, 1.54) is 30.6 Å². The molecule has 5 nitrogen and oxygen atoms in total. The third kappa shape index (κ3) is 2.78. The van der Waals surface area contributed by atoms with Gasteiger partial charge in [0.15, 0.2) is 0 Å². The molecule has 102 valence electrons. The molecule has 0 unspecified atom stereocenters. The molecule has 2 aromatic rings. The van der Waals surface area contributed by atoms with E-state index >= 15 is 0 Å². The van der Waals surface area contributed by atoms with Crippen molar-refractivity contribution in [3.05, 3.63) is 16.9 Å². The van der Waals surface area contributed by atoms with Crippen LogP contribution in [0.15, 0.2) is 6.20 Å². The van der Waals surface area contributed by atoms with E-state index in [4.69, 9.17) is 0 Å². The predicted molar refractivity (Wildman–Crippen MR) is 74.0 cm³/mol. The van der Waals surface area contributed by atoms with Gasteiger partial charge in [0, 0.05) is 5.92 Å². The first-order valence-electron chi connectivity index (χ1n) is 6.82. The molecule has 0 bridgehead atoms. The highest BCUT2D eigenvalue weighted by Gasteiger charge is 2.21. The van der Waals surface area contributed by atoms with Crippen LogP contribution in [0.25, 0.3) is 4.96 Å². The van der Waals surface area contributed by atoms with Crippen LogP contribution >= 0.6 is 11.3 Å². The molecule has 0 radical (unpaired) electrons. The zero-order valence-corrected chi connectivity index (χ0v) is 11.9. The highest BCUT2D eigenvalue weighted by molar-refractivity contribution is 7.16. The molecule has 1 fully saturated rings. The van der Waals surface area contributed by atoms with Crippen LogP contribution < -0.4 is 5.32 Å². The molecule has 2 aromatic heterocycles. The Morgan fingerprint density at radius 1 is 1.47 bits per heavy atom. The van der Waals surface area contributed by atoms with Gasteiger partial charge in [-0.05, 0) is 19.8 Å². The van der Waals surface area contributed by atoms with Crippen molar-refractivity contribution in [2.45, 2.75) is 45.6 Å². The zero-order chi connectivity index (χ0) is 13.2. The van der Waals surface area contributed by atoms with E-state index in [0.717, 1.165) is 28.5 Å². The van der Waals surface area contributed by atoms with Crippen molar-refractivity contribution in [1.29, 1.82) is 0 Å². The fraction of sp³-hybridized carbons (Fsp3) is 0.615. The molecule has 2 heterocycles. The number of hydrogen-bond donors (Lipinski definition) is 1. The van der Waals surface area contributed by atoms with Crippen molar-refractivity contribution < 1.29 is 4.79 Å². The maximum atomic E-state index is 12.0. The second kappa shape index (κ2) is 5.28. The minimum atomic E-state index is 0.184. The zero-order valence-electron chi connectivity index (χ0n) is 11.1. The highest BCUT2D eigenvalue weighted by Crippen LogP contribution is 2.23. The van der Waals surface area contributed by atoms with E-state index in [0.29, 0.717) is 6.54 Å². The number of rotatable bonds is 3. The van der Waals surface area contributed by atoms with E-state index in [1.54, 1.807) is 4.52 Å². The number of imidazole rings is 1. The van der Waals surface area contributed by atoms with Crippen molar-refractivity contribution in [1.82, 2.24) is 19.9 Å². The molecular weight excluding hydrogens is 260 g/mol. The minimum absolute atomic E-state index is 0.184. The fourth-order valence-electron chi connectivity index (χ4n) is 2.59. The summed E-state index contributed by atoms with van der Waals surface area (Å²) in [6, 6.07) is 0. The van der Waals surface area contributed by atoms with Crippen molar-refractivity contribution in [3.63, 3.8) is 0 Å². The molecule has 0 aliphatic heterocycles. The van der Waals surface area contributed by atoms with Crippen molar-refractivity contribution in [2.24, 2.45) is 5.92 Å². The molecule has 0 aromatic carbocycles. The average Bonchev–Trinajstić information content (AvgIpc) is 2.93. The Morgan fingerprint density at radius 2 is 2.26 bits per heavy atom. The summed E-state index contributed by atoms with van der Waals surface area (Å²) in [6.07, 6.45) is 7.61. The highest BCUT2D eigenvalue weighted by atomic mass is 32.1. The van der Waals surface area contributed by atoms with Crippen LogP contribution in [0.3, 0.4) is 0 Å². The monoisotopic (exact) mass is 278 g/mol. The van der Waals surface area contributed by atoms with Gasteiger partial charge in [-0.25, -0.2) is 9.50 Å². The van der Waals surface area contributed by atoms with Gasteiger partial charge in [0.2, 0.25) is 10.9 Å². The Bertz CT molecular complexity index is 551. The van der Waals surface area contributed by atoms with Crippen LogP contribution in [-0.4, -0.2) is 20.5 Å². The predicted octanol–water partition coefficient (Wildman–Crippen LogP) is 2.30. The Labute approximate surface area is 116 Å². The van der Waals surface area contributed by atoms with Crippen LogP contribution in [0.5, 0.6) is 0 Å². The molecule has 1 saturated carbocycles. The van der Waals surface area contributed by atoms with Gasteiger partial charge in [0.1, 0.15) is 5.01 Å². The van der Waals surface area contributed by atoms with E-state index < -0.39 is 0 Å². The smallest absolute Gasteiger partial charge is 0.223 e. The molecule has 1 aliphatic rings. The number of nitrogens with zero attached hydrogens (tertiary/aromatic N) is 3. The topological polar surface area (TPSA) is 59.3 Å². The van der Waals surface area contributed by atoms with Crippen LogP contribution in [0.4, 0.5) is 0 Å². The second-order valence-electron chi connectivity index (χ2n) is 5.16. The second-order valence-corrected chi connectivity index (χ2v) is 6.20. The van der Waals surface area contributed by atoms with Gasteiger partial charge >= 0.3 is 0 Å².